The fourth-order valence-corrected chi connectivity index (χ4v) is 2.43. The predicted octanol–water partition coefficient (Wildman–Crippen LogP) is 1.50. The van der Waals surface area contributed by atoms with Gasteiger partial charge in [-0.1, -0.05) is 18.2 Å². The molecule has 2 heterocycles. The lowest BCUT2D eigenvalue weighted by Gasteiger charge is -2.36. The van der Waals surface area contributed by atoms with Crippen molar-refractivity contribution in [2.24, 2.45) is 0 Å². The van der Waals surface area contributed by atoms with Gasteiger partial charge in [0, 0.05) is 31.9 Å². The van der Waals surface area contributed by atoms with Gasteiger partial charge in [0.15, 0.2) is 5.69 Å². The van der Waals surface area contributed by atoms with Gasteiger partial charge in [0.05, 0.1) is 12.4 Å². The molecule has 6 heteroatoms. The fourth-order valence-electron chi connectivity index (χ4n) is 2.43. The molecule has 0 radical (unpaired) electrons. The van der Waals surface area contributed by atoms with E-state index in [4.69, 9.17) is 5.11 Å². The van der Waals surface area contributed by atoms with Crippen molar-refractivity contribution >= 4 is 17.5 Å². The van der Waals surface area contributed by atoms with Gasteiger partial charge in [-0.25, -0.2) is 14.8 Å². The highest BCUT2D eigenvalue weighted by Crippen LogP contribution is 2.18. The van der Waals surface area contributed by atoms with E-state index in [0.29, 0.717) is 0 Å². The van der Waals surface area contributed by atoms with Crippen LogP contribution in [0, 0.1) is 0 Å². The summed E-state index contributed by atoms with van der Waals surface area (Å²) in [6, 6.07) is 10.3. The third-order valence-corrected chi connectivity index (χ3v) is 3.58. The number of hydrogen-bond donors (Lipinski definition) is 1. The second kappa shape index (κ2) is 5.78. The van der Waals surface area contributed by atoms with Crippen LogP contribution in [0.1, 0.15) is 10.5 Å². The topological polar surface area (TPSA) is 69.6 Å². The SMILES string of the molecule is O=C(O)c1cnc(N2CCN(c3ccccc3)CC2)cn1. The molecule has 1 saturated heterocycles. The summed E-state index contributed by atoms with van der Waals surface area (Å²) in [4.78, 5) is 23.3. The van der Waals surface area contributed by atoms with E-state index in [9.17, 15) is 4.79 Å². The van der Waals surface area contributed by atoms with Crippen LogP contribution in [-0.4, -0.2) is 47.2 Å². The molecule has 0 aliphatic carbocycles. The minimum absolute atomic E-state index is 0.0262. The van der Waals surface area contributed by atoms with Crippen molar-refractivity contribution < 1.29 is 9.90 Å². The van der Waals surface area contributed by atoms with Gasteiger partial charge in [-0.05, 0) is 12.1 Å². The Kier molecular flexibility index (Phi) is 3.68. The minimum Gasteiger partial charge on any atom is -0.476 e. The Bertz CT molecular complexity index is 607. The van der Waals surface area contributed by atoms with E-state index in [-0.39, 0.29) is 5.69 Å². The smallest absolute Gasteiger partial charge is 0.356 e. The molecule has 1 aromatic carbocycles. The van der Waals surface area contributed by atoms with Crippen LogP contribution >= 0.6 is 0 Å². The second-order valence-electron chi connectivity index (χ2n) is 4.87. The number of rotatable bonds is 3. The minimum atomic E-state index is -1.05. The Balaban J connectivity index is 1.64. The predicted molar refractivity (Wildman–Crippen MR) is 79.9 cm³/mol. The number of nitrogens with zero attached hydrogens (tertiary/aromatic N) is 4. The van der Waals surface area contributed by atoms with Gasteiger partial charge in [-0.3, -0.25) is 0 Å². The maximum absolute atomic E-state index is 10.8. The van der Waals surface area contributed by atoms with Crippen LogP contribution in [0.3, 0.4) is 0 Å². The van der Waals surface area contributed by atoms with Crippen LogP contribution in [0.5, 0.6) is 0 Å². The van der Waals surface area contributed by atoms with Gasteiger partial charge in [0.1, 0.15) is 5.82 Å². The molecule has 1 N–H and O–H groups in total. The highest BCUT2D eigenvalue weighted by atomic mass is 16.4. The third kappa shape index (κ3) is 2.94. The van der Waals surface area contributed by atoms with Gasteiger partial charge >= 0.3 is 5.97 Å². The number of hydrogen-bond acceptors (Lipinski definition) is 5. The average Bonchev–Trinajstić information content (AvgIpc) is 2.56. The molecule has 1 aromatic heterocycles. The number of benzene rings is 1. The van der Waals surface area contributed by atoms with E-state index < -0.39 is 5.97 Å². The van der Waals surface area contributed by atoms with Crippen molar-refractivity contribution in [3.8, 4) is 0 Å². The first-order valence-electron chi connectivity index (χ1n) is 6.84. The van der Waals surface area contributed by atoms with Crippen LogP contribution in [0.25, 0.3) is 0 Å². The van der Waals surface area contributed by atoms with Crippen LogP contribution in [-0.2, 0) is 0 Å². The lowest BCUT2D eigenvalue weighted by molar-refractivity contribution is 0.0690. The van der Waals surface area contributed by atoms with Crippen LogP contribution in [0.15, 0.2) is 42.7 Å². The molecule has 1 aliphatic heterocycles. The first-order chi connectivity index (χ1) is 10.2. The first-order valence-corrected chi connectivity index (χ1v) is 6.84. The van der Waals surface area contributed by atoms with Gasteiger partial charge in [0.2, 0.25) is 0 Å². The van der Waals surface area contributed by atoms with Crippen LogP contribution in [0.2, 0.25) is 0 Å². The third-order valence-electron chi connectivity index (χ3n) is 3.58. The molecule has 0 spiro atoms. The molecule has 3 rings (SSSR count). The normalized spacial score (nSPS) is 15.0. The van der Waals surface area contributed by atoms with Crippen LogP contribution in [0.4, 0.5) is 11.5 Å². The molecule has 1 fully saturated rings. The maximum atomic E-state index is 10.8. The molecule has 6 nitrogen and oxygen atoms in total. The monoisotopic (exact) mass is 284 g/mol. The molecule has 0 atom stereocenters. The Morgan fingerprint density at radius 1 is 0.952 bits per heavy atom. The fraction of sp³-hybridized carbons (Fsp3) is 0.267. The zero-order valence-corrected chi connectivity index (χ0v) is 11.5. The quantitative estimate of drug-likeness (QED) is 0.921. The molecule has 0 unspecified atom stereocenters. The summed E-state index contributed by atoms with van der Waals surface area (Å²) < 4.78 is 0. The van der Waals surface area contributed by atoms with Gasteiger partial charge in [-0.15, -0.1) is 0 Å². The van der Waals surface area contributed by atoms with E-state index in [1.165, 1.54) is 18.1 Å². The number of carbonyl (C=O) groups is 1. The van der Waals surface area contributed by atoms with Gasteiger partial charge in [0.25, 0.3) is 0 Å². The zero-order chi connectivity index (χ0) is 14.7. The van der Waals surface area contributed by atoms with Gasteiger partial charge in [-0.2, -0.15) is 0 Å². The molecular formula is C15H16N4O2. The molecule has 0 bridgehead atoms. The Morgan fingerprint density at radius 3 is 2.19 bits per heavy atom. The van der Waals surface area contributed by atoms with E-state index in [0.717, 1.165) is 32.0 Å². The summed E-state index contributed by atoms with van der Waals surface area (Å²) in [5.74, 6) is -0.323. The van der Waals surface area contributed by atoms with Crippen molar-refractivity contribution in [3.05, 3.63) is 48.4 Å². The molecule has 0 saturated carbocycles. The summed E-state index contributed by atoms with van der Waals surface area (Å²) in [6.45, 7) is 3.50. The number of carboxylic acid groups (broad SMARTS) is 1. The Hall–Kier alpha value is -2.63. The van der Waals surface area contributed by atoms with Crippen molar-refractivity contribution in [1.82, 2.24) is 9.97 Å². The number of aromatic nitrogens is 2. The largest absolute Gasteiger partial charge is 0.476 e. The summed E-state index contributed by atoms with van der Waals surface area (Å²) >= 11 is 0. The molecule has 1 aliphatic rings. The number of anilines is 2. The summed E-state index contributed by atoms with van der Waals surface area (Å²) in [5, 5.41) is 8.82. The summed E-state index contributed by atoms with van der Waals surface area (Å²) in [7, 11) is 0. The number of piperazine rings is 1. The van der Waals surface area contributed by atoms with E-state index >= 15 is 0 Å². The highest BCUT2D eigenvalue weighted by Gasteiger charge is 2.18. The number of carboxylic acids is 1. The standard InChI is InChI=1S/C15H16N4O2/c20-15(21)13-10-17-14(11-16-13)19-8-6-18(7-9-19)12-4-2-1-3-5-12/h1-5,10-11H,6-9H2,(H,20,21). The van der Waals surface area contributed by atoms with Crippen LogP contribution < -0.4 is 9.80 Å². The maximum Gasteiger partial charge on any atom is 0.356 e. The lowest BCUT2D eigenvalue weighted by atomic mass is 10.2. The first kappa shape index (κ1) is 13.4. The Morgan fingerprint density at radius 2 is 1.62 bits per heavy atom. The van der Waals surface area contributed by atoms with Crippen molar-refractivity contribution in [2.75, 3.05) is 36.0 Å². The molecule has 108 valence electrons. The molecule has 0 amide bonds. The summed E-state index contributed by atoms with van der Waals surface area (Å²) in [5.41, 5.74) is 1.20. The molecule has 2 aromatic rings. The van der Waals surface area contributed by atoms with E-state index in [2.05, 4.69) is 31.9 Å². The lowest BCUT2D eigenvalue weighted by Crippen LogP contribution is -2.46. The highest BCUT2D eigenvalue weighted by molar-refractivity contribution is 5.84. The van der Waals surface area contributed by atoms with E-state index in [1.807, 2.05) is 18.2 Å². The van der Waals surface area contributed by atoms with Crippen molar-refractivity contribution in [1.29, 1.82) is 0 Å². The molecule has 21 heavy (non-hydrogen) atoms. The zero-order valence-electron chi connectivity index (χ0n) is 11.5. The van der Waals surface area contributed by atoms with Crippen molar-refractivity contribution in [3.63, 3.8) is 0 Å². The number of aromatic carboxylic acids is 1. The van der Waals surface area contributed by atoms with Gasteiger partial charge < -0.3 is 14.9 Å². The molecular weight excluding hydrogens is 268 g/mol. The average molecular weight is 284 g/mol. The van der Waals surface area contributed by atoms with Crippen molar-refractivity contribution in [2.45, 2.75) is 0 Å². The summed E-state index contributed by atoms with van der Waals surface area (Å²) in [6.07, 6.45) is 2.84. The second-order valence-corrected chi connectivity index (χ2v) is 4.87. The number of para-hydroxylation sites is 1. The van der Waals surface area contributed by atoms with E-state index in [1.54, 1.807) is 0 Å². The Labute approximate surface area is 122 Å².